The van der Waals surface area contributed by atoms with Gasteiger partial charge in [0.15, 0.2) is 0 Å². The molecule has 1 spiro atoms. The maximum Gasteiger partial charge on any atom is 0.332 e. The van der Waals surface area contributed by atoms with Crippen LogP contribution in [-0.2, 0) is 25.0 Å². The third-order valence-corrected chi connectivity index (χ3v) is 7.76. The number of hydrogen-bond donors (Lipinski definition) is 0. The number of nitrogens with zero attached hydrogens (tertiary/aromatic N) is 4. The highest BCUT2D eigenvalue weighted by molar-refractivity contribution is 7.11. The molecule has 3 aromatic rings. The van der Waals surface area contributed by atoms with Gasteiger partial charge in [0.25, 0.3) is 0 Å². The summed E-state index contributed by atoms with van der Waals surface area (Å²) in [5.41, 5.74) is -1.06. The van der Waals surface area contributed by atoms with Gasteiger partial charge in [0.05, 0.1) is 6.54 Å². The molecule has 6 nitrogen and oxygen atoms in total. The van der Waals surface area contributed by atoms with Gasteiger partial charge in [-0.1, -0.05) is 6.07 Å². The first-order valence-corrected chi connectivity index (χ1v) is 11.3. The lowest BCUT2D eigenvalue weighted by atomic mass is 9.85. The van der Waals surface area contributed by atoms with Gasteiger partial charge >= 0.3 is 11.1 Å². The zero-order valence-corrected chi connectivity index (χ0v) is 17.4. The number of fused-ring (bicyclic) bond motifs is 2. The second-order valence-corrected chi connectivity index (χ2v) is 10.2. The lowest BCUT2D eigenvalue weighted by Gasteiger charge is -2.23. The Morgan fingerprint density at radius 1 is 1.07 bits per heavy atom. The predicted molar refractivity (Wildman–Crippen MR) is 111 cm³/mol. The van der Waals surface area contributed by atoms with E-state index in [0.29, 0.717) is 13.1 Å². The fourth-order valence-corrected chi connectivity index (χ4v) is 6.12. The minimum atomic E-state index is -0.516. The summed E-state index contributed by atoms with van der Waals surface area (Å²) >= 11 is 3.42. The molecule has 3 aromatic heterocycles. The quantitative estimate of drug-likeness (QED) is 0.615. The van der Waals surface area contributed by atoms with Gasteiger partial charge in [-0.2, -0.15) is 5.10 Å². The van der Waals surface area contributed by atoms with E-state index in [9.17, 15) is 9.59 Å². The normalized spacial score (nSPS) is 21.6. The van der Waals surface area contributed by atoms with Crippen molar-refractivity contribution < 1.29 is 0 Å². The van der Waals surface area contributed by atoms with Gasteiger partial charge in [-0.3, -0.25) is 19.1 Å². The topological polar surface area (TPSA) is 60.1 Å². The second-order valence-electron chi connectivity index (χ2n) is 7.83. The number of rotatable bonds is 4. The highest BCUT2D eigenvalue weighted by Crippen LogP contribution is 2.41. The number of aryl methyl sites for hydroxylation is 1. The molecule has 28 heavy (non-hydrogen) atoms. The van der Waals surface area contributed by atoms with E-state index >= 15 is 0 Å². The molecule has 0 N–H and O–H groups in total. The van der Waals surface area contributed by atoms with Crippen molar-refractivity contribution in [1.82, 2.24) is 19.2 Å². The Bertz CT molecular complexity index is 1130. The highest BCUT2D eigenvalue weighted by Gasteiger charge is 2.47. The maximum atomic E-state index is 12.7. The maximum absolute atomic E-state index is 12.7. The zero-order valence-electron chi connectivity index (χ0n) is 15.8. The molecule has 1 atom stereocenters. The van der Waals surface area contributed by atoms with E-state index in [-0.39, 0.29) is 5.41 Å². The molecular weight excluding hydrogens is 392 g/mol. The van der Waals surface area contributed by atoms with Crippen molar-refractivity contribution >= 4 is 22.7 Å². The molecule has 2 aliphatic heterocycles. The van der Waals surface area contributed by atoms with Crippen molar-refractivity contribution in [2.75, 3.05) is 13.1 Å². The Hall–Kier alpha value is -2.03. The molecule has 146 valence electrons. The molecule has 5 heterocycles. The average molecular weight is 415 g/mol. The molecule has 1 fully saturated rings. The fourth-order valence-electron chi connectivity index (χ4n) is 4.50. The van der Waals surface area contributed by atoms with Crippen LogP contribution in [-0.4, -0.2) is 32.3 Å². The second kappa shape index (κ2) is 6.79. The lowest BCUT2D eigenvalue weighted by Crippen LogP contribution is -2.45. The van der Waals surface area contributed by atoms with Crippen LogP contribution in [0.25, 0.3) is 0 Å². The Balaban J connectivity index is 1.46. The molecule has 8 heteroatoms. The van der Waals surface area contributed by atoms with Crippen molar-refractivity contribution in [2.24, 2.45) is 0 Å². The lowest BCUT2D eigenvalue weighted by molar-refractivity contribution is 0.300. The van der Waals surface area contributed by atoms with Gasteiger partial charge in [-0.15, -0.1) is 22.7 Å². The van der Waals surface area contributed by atoms with E-state index in [1.807, 2.05) is 28.8 Å². The summed E-state index contributed by atoms with van der Waals surface area (Å²) in [5.74, 6) is 0.804. The minimum absolute atomic E-state index is 0.115. The van der Waals surface area contributed by atoms with E-state index < -0.39 is 11.1 Å². The third-order valence-electron chi connectivity index (χ3n) is 5.92. The fraction of sp³-hybridized carbons (Fsp3) is 0.450. The van der Waals surface area contributed by atoms with E-state index in [4.69, 9.17) is 5.10 Å². The molecule has 0 unspecified atom stereocenters. The smallest absolute Gasteiger partial charge is 0.297 e. The largest absolute Gasteiger partial charge is 0.332 e. The first-order valence-electron chi connectivity index (χ1n) is 9.57. The molecule has 0 aliphatic carbocycles. The Morgan fingerprint density at radius 3 is 2.68 bits per heavy atom. The summed E-state index contributed by atoms with van der Waals surface area (Å²) in [4.78, 5) is 31.4. The molecule has 0 bridgehead atoms. The van der Waals surface area contributed by atoms with E-state index in [0.717, 1.165) is 43.2 Å². The van der Waals surface area contributed by atoms with Crippen LogP contribution in [0.3, 0.4) is 0 Å². The van der Waals surface area contributed by atoms with Crippen LogP contribution in [0, 0.1) is 6.92 Å². The molecule has 0 aromatic carbocycles. The molecule has 5 rings (SSSR count). The Kier molecular flexibility index (Phi) is 4.37. The summed E-state index contributed by atoms with van der Waals surface area (Å²) in [7, 11) is 0. The monoisotopic (exact) mass is 414 g/mol. The average Bonchev–Trinajstić information content (AvgIpc) is 3.45. The zero-order chi connectivity index (χ0) is 19.3. The van der Waals surface area contributed by atoms with Crippen molar-refractivity contribution in [1.29, 1.82) is 0 Å². The molecule has 2 aliphatic rings. The van der Waals surface area contributed by atoms with Gasteiger partial charge in [0.2, 0.25) is 0 Å². The number of likely N-dealkylation sites (tertiary alicyclic amines) is 1. The highest BCUT2D eigenvalue weighted by atomic mass is 32.1. The van der Waals surface area contributed by atoms with Gasteiger partial charge in [0.1, 0.15) is 5.82 Å². The van der Waals surface area contributed by atoms with Crippen LogP contribution >= 0.6 is 22.7 Å². The summed E-state index contributed by atoms with van der Waals surface area (Å²) in [6, 6.07) is 8.30. The Labute approximate surface area is 170 Å². The SMILES string of the molecule is Cc1ccc(CN2CC[C@@]3(CCn4c3nn(Cc3cccs3)c(=O)c4=O)C2)s1. The van der Waals surface area contributed by atoms with E-state index in [1.165, 1.54) is 14.4 Å². The van der Waals surface area contributed by atoms with Gasteiger partial charge < -0.3 is 0 Å². The van der Waals surface area contributed by atoms with Crippen LogP contribution in [0.15, 0.2) is 39.2 Å². The van der Waals surface area contributed by atoms with Crippen LogP contribution in [0.2, 0.25) is 0 Å². The first-order chi connectivity index (χ1) is 13.5. The number of thiophene rings is 2. The summed E-state index contributed by atoms with van der Waals surface area (Å²) in [5, 5.41) is 6.69. The van der Waals surface area contributed by atoms with Gasteiger partial charge in [-0.25, -0.2) is 4.68 Å². The van der Waals surface area contributed by atoms with Crippen molar-refractivity contribution in [3.63, 3.8) is 0 Å². The molecule has 0 radical (unpaired) electrons. The first kappa shape index (κ1) is 18.0. The molecule has 0 amide bonds. The predicted octanol–water partition coefficient (Wildman–Crippen LogP) is 2.43. The van der Waals surface area contributed by atoms with Crippen LogP contribution in [0.4, 0.5) is 0 Å². The van der Waals surface area contributed by atoms with Crippen LogP contribution in [0.1, 0.15) is 33.3 Å². The standard InChI is InChI=1S/C20H22N4O2S2/c1-14-4-5-16(28-14)11-22-8-6-20(13-22)7-9-23-17(25)18(26)24(21-19(20)23)12-15-3-2-10-27-15/h2-5,10H,6-9,11-13H2,1H3/t20-/m1/s1. The Morgan fingerprint density at radius 2 is 1.93 bits per heavy atom. The summed E-state index contributed by atoms with van der Waals surface area (Å²) < 4.78 is 3.00. The van der Waals surface area contributed by atoms with Crippen molar-refractivity contribution in [3.8, 4) is 0 Å². The van der Waals surface area contributed by atoms with Crippen LogP contribution in [0.5, 0.6) is 0 Å². The summed E-state index contributed by atoms with van der Waals surface area (Å²) in [6.45, 7) is 5.94. The summed E-state index contributed by atoms with van der Waals surface area (Å²) in [6.07, 6.45) is 1.87. The van der Waals surface area contributed by atoms with Crippen molar-refractivity contribution in [2.45, 2.75) is 44.8 Å². The van der Waals surface area contributed by atoms with E-state index in [1.54, 1.807) is 15.9 Å². The van der Waals surface area contributed by atoms with E-state index in [2.05, 4.69) is 24.0 Å². The third kappa shape index (κ3) is 3.00. The molecule has 0 saturated carbocycles. The number of aromatic nitrogens is 3. The molecule has 1 saturated heterocycles. The van der Waals surface area contributed by atoms with Crippen molar-refractivity contribution in [3.05, 3.63) is 70.8 Å². The molecular formula is C20H22N4O2S2. The van der Waals surface area contributed by atoms with Gasteiger partial charge in [-0.05, 0) is 49.9 Å². The minimum Gasteiger partial charge on any atom is -0.297 e. The van der Waals surface area contributed by atoms with Gasteiger partial charge in [0, 0.05) is 39.7 Å². The van der Waals surface area contributed by atoms with Crippen LogP contribution < -0.4 is 11.1 Å². The number of hydrogen-bond acceptors (Lipinski definition) is 6.